The first-order valence-corrected chi connectivity index (χ1v) is 7.62. The van der Waals surface area contributed by atoms with Crippen molar-refractivity contribution in [2.24, 2.45) is 0 Å². The maximum atomic E-state index is 12.1. The van der Waals surface area contributed by atoms with E-state index >= 15 is 0 Å². The minimum Gasteiger partial charge on any atom is -0.481 e. The number of nitrogens with one attached hydrogen (secondary N) is 1. The second kappa shape index (κ2) is 6.92. The maximum Gasteiger partial charge on any atom is 0.262 e. The van der Waals surface area contributed by atoms with Gasteiger partial charge in [0.25, 0.3) is 5.91 Å². The molecule has 0 atom stereocenters. The van der Waals surface area contributed by atoms with Gasteiger partial charge in [-0.3, -0.25) is 9.78 Å². The first kappa shape index (κ1) is 15.0. The van der Waals surface area contributed by atoms with Crippen LogP contribution in [0.25, 0.3) is 10.9 Å². The summed E-state index contributed by atoms with van der Waals surface area (Å²) in [5.41, 5.74) is 2.70. The number of fused-ring (bicyclic) bond motifs is 1. The Balaban J connectivity index is 1.69. The van der Waals surface area contributed by atoms with E-state index in [1.54, 1.807) is 6.20 Å². The smallest absolute Gasteiger partial charge is 0.262 e. The Morgan fingerprint density at radius 1 is 1.09 bits per heavy atom. The molecule has 116 valence electrons. The molecule has 0 aliphatic rings. The third kappa shape index (κ3) is 3.48. The van der Waals surface area contributed by atoms with Crippen LogP contribution >= 0.6 is 0 Å². The van der Waals surface area contributed by atoms with E-state index in [9.17, 15) is 4.79 Å². The molecule has 4 nitrogen and oxygen atoms in total. The van der Waals surface area contributed by atoms with E-state index in [0.29, 0.717) is 5.75 Å². The molecule has 1 aromatic heterocycles. The average molecular weight is 306 g/mol. The number of pyridine rings is 1. The van der Waals surface area contributed by atoms with Crippen LogP contribution in [0.4, 0.5) is 5.69 Å². The Morgan fingerprint density at radius 2 is 1.91 bits per heavy atom. The number of hydrogen-bond acceptors (Lipinski definition) is 3. The molecule has 0 saturated carbocycles. The maximum absolute atomic E-state index is 12.1. The van der Waals surface area contributed by atoms with Gasteiger partial charge in [-0.05, 0) is 30.2 Å². The number of carbonyl (C=O) groups excluding carboxylic acids is 1. The van der Waals surface area contributed by atoms with Crippen LogP contribution in [0.1, 0.15) is 12.5 Å². The van der Waals surface area contributed by atoms with Crippen LogP contribution in [-0.4, -0.2) is 17.5 Å². The van der Waals surface area contributed by atoms with Gasteiger partial charge in [0.1, 0.15) is 11.3 Å². The largest absolute Gasteiger partial charge is 0.481 e. The van der Waals surface area contributed by atoms with Crippen LogP contribution in [0.3, 0.4) is 0 Å². The monoisotopic (exact) mass is 306 g/mol. The first-order chi connectivity index (χ1) is 11.3. The topological polar surface area (TPSA) is 51.2 Å². The number of nitrogens with zero attached hydrogens (tertiary/aromatic N) is 1. The fourth-order valence-corrected chi connectivity index (χ4v) is 2.47. The minimum atomic E-state index is -0.182. The average Bonchev–Trinajstić information content (AvgIpc) is 2.60. The van der Waals surface area contributed by atoms with Crippen molar-refractivity contribution in [2.75, 3.05) is 11.9 Å². The van der Waals surface area contributed by atoms with Gasteiger partial charge in [0.15, 0.2) is 6.61 Å². The van der Waals surface area contributed by atoms with Gasteiger partial charge in [-0.15, -0.1) is 0 Å². The number of ether oxygens (including phenoxy) is 1. The summed E-state index contributed by atoms with van der Waals surface area (Å²) in [7, 11) is 0. The van der Waals surface area contributed by atoms with Crippen LogP contribution in [0.15, 0.2) is 60.8 Å². The predicted molar refractivity (Wildman–Crippen MR) is 91.7 cm³/mol. The molecule has 0 unspecified atom stereocenters. The summed E-state index contributed by atoms with van der Waals surface area (Å²) in [5.74, 6) is 0.431. The highest BCUT2D eigenvalue weighted by atomic mass is 16.5. The molecule has 0 aliphatic carbocycles. The number of hydrogen-bond donors (Lipinski definition) is 1. The Kier molecular flexibility index (Phi) is 4.52. The molecule has 0 aliphatic heterocycles. The summed E-state index contributed by atoms with van der Waals surface area (Å²) in [6, 6.07) is 17.3. The number of aryl methyl sites for hydroxylation is 1. The number of amides is 1. The summed E-state index contributed by atoms with van der Waals surface area (Å²) in [6.45, 7) is 2.01. The van der Waals surface area contributed by atoms with Gasteiger partial charge in [0, 0.05) is 17.3 Å². The highest BCUT2D eigenvalue weighted by molar-refractivity contribution is 5.93. The number of aromatic nitrogens is 1. The molecule has 0 bridgehead atoms. The summed E-state index contributed by atoms with van der Waals surface area (Å²) >= 11 is 0. The van der Waals surface area contributed by atoms with Crippen molar-refractivity contribution in [3.63, 3.8) is 0 Å². The number of benzene rings is 2. The van der Waals surface area contributed by atoms with Gasteiger partial charge in [-0.1, -0.05) is 43.3 Å². The summed E-state index contributed by atoms with van der Waals surface area (Å²) in [4.78, 5) is 16.4. The third-order valence-corrected chi connectivity index (χ3v) is 3.63. The zero-order valence-corrected chi connectivity index (χ0v) is 13.0. The molecule has 2 aromatic carbocycles. The lowest BCUT2D eigenvalue weighted by Gasteiger charge is -2.11. The molecule has 1 amide bonds. The molecular weight excluding hydrogens is 288 g/mol. The predicted octanol–water partition coefficient (Wildman–Crippen LogP) is 3.81. The first-order valence-electron chi connectivity index (χ1n) is 7.62. The fourth-order valence-electron chi connectivity index (χ4n) is 2.47. The molecule has 0 radical (unpaired) electrons. The molecule has 23 heavy (non-hydrogen) atoms. The number of anilines is 1. The van der Waals surface area contributed by atoms with Crippen LogP contribution in [0.2, 0.25) is 0 Å². The van der Waals surface area contributed by atoms with E-state index in [2.05, 4.69) is 17.2 Å². The van der Waals surface area contributed by atoms with Crippen molar-refractivity contribution in [1.82, 2.24) is 4.98 Å². The van der Waals surface area contributed by atoms with Gasteiger partial charge in [0.05, 0.1) is 0 Å². The second-order valence-electron chi connectivity index (χ2n) is 5.18. The van der Waals surface area contributed by atoms with Crippen molar-refractivity contribution >= 4 is 22.5 Å². The van der Waals surface area contributed by atoms with Crippen molar-refractivity contribution in [3.05, 3.63) is 66.4 Å². The van der Waals surface area contributed by atoms with E-state index in [-0.39, 0.29) is 12.5 Å². The Hall–Kier alpha value is -2.88. The lowest BCUT2D eigenvalue weighted by atomic mass is 10.1. The summed E-state index contributed by atoms with van der Waals surface area (Å²) in [5, 5.41) is 3.88. The van der Waals surface area contributed by atoms with Crippen LogP contribution in [0.5, 0.6) is 5.75 Å². The van der Waals surface area contributed by atoms with Crippen molar-refractivity contribution in [1.29, 1.82) is 0 Å². The molecule has 0 spiro atoms. The van der Waals surface area contributed by atoms with Crippen LogP contribution in [-0.2, 0) is 11.2 Å². The van der Waals surface area contributed by atoms with Gasteiger partial charge >= 0.3 is 0 Å². The molecule has 4 heteroatoms. The van der Waals surface area contributed by atoms with Gasteiger partial charge in [-0.2, -0.15) is 0 Å². The fraction of sp³-hybridized carbons (Fsp3) is 0.158. The Labute approximate surface area is 135 Å². The standard InChI is InChI=1S/C19H18N2O2/c1-2-14-7-3-4-10-16(14)21-18(22)13-23-17-11-5-8-15-9-6-12-20-19(15)17/h3-12H,2,13H2,1H3,(H,21,22). The molecule has 1 N–H and O–H groups in total. The molecule has 0 saturated heterocycles. The van der Waals surface area contributed by atoms with Crippen LogP contribution < -0.4 is 10.1 Å². The molecular formula is C19H18N2O2. The van der Waals surface area contributed by atoms with E-state index in [1.165, 1.54) is 0 Å². The highest BCUT2D eigenvalue weighted by Crippen LogP contribution is 2.23. The molecule has 3 rings (SSSR count). The zero-order chi connectivity index (χ0) is 16.1. The van der Waals surface area contributed by atoms with Crippen molar-refractivity contribution in [2.45, 2.75) is 13.3 Å². The number of para-hydroxylation sites is 2. The SMILES string of the molecule is CCc1ccccc1NC(=O)COc1cccc2cccnc12. The number of rotatable bonds is 5. The van der Waals surface area contributed by atoms with E-state index in [4.69, 9.17) is 4.74 Å². The van der Waals surface area contributed by atoms with Gasteiger partial charge in [0.2, 0.25) is 0 Å². The lowest BCUT2D eigenvalue weighted by Crippen LogP contribution is -2.21. The Bertz CT molecular complexity index is 825. The quantitative estimate of drug-likeness (QED) is 0.779. The summed E-state index contributed by atoms with van der Waals surface area (Å²) in [6.07, 6.45) is 2.58. The van der Waals surface area contributed by atoms with Crippen molar-refractivity contribution < 1.29 is 9.53 Å². The zero-order valence-electron chi connectivity index (χ0n) is 13.0. The van der Waals surface area contributed by atoms with Crippen molar-refractivity contribution in [3.8, 4) is 5.75 Å². The summed E-state index contributed by atoms with van der Waals surface area (Å²) < 4.78 is 5.65. The van der Waals surface area contributed by atoms with Gasteiger partial charge < -0.3 is 10.1 Å². The molecule has 3 aromatic rings. The molecule has 0 fully saturated rings. The second-order valence-corrected chi connectivity index (χ2v) is 5.18. The van der Waals surface area contributed by atoms with E-state index in [1.807, 2.05) is 54.6 Å². The van der Waals surface area contributed by atoms with Gasteiger partial charge in [-0.25, -0.2) is 0 Å². The van der Waals surface area contributed by atoms with Crippen LogP contribution in [0, 0.1) is 0 Å². The Morgan fingerprint density at radius 3 is 2.78 bits per heavy atom. The third-order valence-electron chi connectivity index (χ3n) is 3.63. The molecule has 1 heterocycles. The normalized spacial score (nSPS) is 10.5. The minimum absolute atomic E-state index is 0.0479. The highest BCUT2D eigenvalue weighted by Gasteiger charge is 2.08. The number of carbonyl (C=O) groups is 1. The van der Waals surface area contributed by atoms with E-state index in [0.717, 1.165) is 28.6 Å². The lowest BCUT2D eigenvalue weighted by molar-refractivity contribution is -0.118. The van der Waals surface area contributed by atoms with E-state index < -0.39 is 0 Å².